The Morgan fingerprint density at radius 3 is 2.58 bits per heavy atom. The highest BCUT2D eigenvalue weighted by Crippen LogP contribution is 2.16. The number of nitrogens with zero attached hydrogens (tertiary/aromatic N) is 4. The molecule has 3 heterocycles. The van der Waals surface area contributed by atoms with Crippen LogP contribution in [0, 0.1) is 0 Å². The molecule has 132 valence electrons. The van der Waals surface area contributed by atoms with Gasteiger partial charge in [0, 0.05) is 56.6 Å². The van der Waals surface area contributed by atoms with Gasteiger partial charge in [0.15, 0.2) is 0 Å². The molecule has 6 nitrogen and oxygen atoms in total. The number of piperidine rings is 1. The van der Waals surface area contributed by atoms with E-state index in [1.807, 2.05) is 17.3 Å². The minimum absolute atomic E-state index is 0.158. The predicted octanol–water partition coefficient (Wildman–Crippen LogP) is 1.81. The van der Waals surface area contributed by atoms with E-state index < -0.39 is 0 Å². The molecule has 0 aliphatic carbocycles. The van der Waals surface area contributed by atoms with Crippen molar-refractivity contribution in [2.24, 2.45) is 0 Å². The van der Waals surface area contributed by atoms with Crippen LogP contribution in [0.1, 0.15) is 50.4 Å². The third kappa shape index (κ3) is 4.30. The molecule has 0 bridgehead atoms. The van der Waals surface area contributed by atoms with Gasteiger partial charge in [-0.05, 0) is 19.3 Å². The Kier molecular flexibility index (Phi) is 5.79. The van der Waals surface area contributed by atoms with Crippen molar-refractivity contribution in [3.05, 3.63) is 23.8 Å². The first-order valence-electron chi connectivity index (χ1n) is 9.07. The molecule has 2 saturated heterocycles. The minimum atomic E-state index is -0.326. The van der Waals surface area contributed by atoms with E-state index in [0.29, 0.717) is 19.1 Å². The first kappa shape index (κ1) is 17.3. The van der Waals surface area contributed by atoms with Gasteiger partial charge in [-0.15, -0.1) is 0 Å². The molecule has 0 spiro atoms. The Hall–Kier alpha value is -1.53. The summed E-state index contributed by atoms with van der Waals surface area (Å²) in [5.41, 5.74) is 1.09. The molecule has 2 aliphatic heterocycles. The number of hydrogen-bond acceptors (Lipinski definition) is 5. The van der Waals surface area contributed by atoms with E-state index in [1.165, 1.54) is 6.42 Å². The Balaban J connectivity index is 1.55. The van der Waals surface area contributed by atoms with Crippen LogP contribution >= 0.6 is 0 Å². The molecule has 0 aromatic carbocycles. The molecule has 3 rings (SSSR count). The van der Waals surface area contributed by atoms with Crippen molar-refractivity contribution in [2.75, 3.05) is 32.8 Å². The zero-order valence-corrected chi connectivity index (χ0v) is 14.8. The van der Waals surface area contributed by atoms with E-state index in [1.54, 1.807) is 0 Å². The van der Waals surface area contributed by atoms with Gasteiger partial charge in [-0.3, -0.25) is 9.69 Å². The lowest BCUT2D eigenvalue weighted by Crippen LogP contribution is -2.51. The Bertz CT molecular complexity index is 540. The van der Waals surface area contributed by atoms with Gasteiger partial charge in [0.05, 0.1) is 6.61 Å². The van der Waals surface area contributed by atoms with E-state index in [-0.39, 0.29) is 12.0 Å². The van der Waals surface area contributed by atoms with Crippen molar-refractivity contribution in [3.63, 3.8) is 0 Å². The largest absolute Gasteiger partial charge is 0.366 e. The summed E-state index contributed by atoms with van der Waals surface area (Å²) in [5, 5.41) is 0. The van der Waals surface area contributed by atoms with E-state index in [4.69, 9.17) is 4.74 Å². The smallest absolute Gasteiger partial charge is 0.253 e. The second kappa shape index (κ2) is 8.03. The van der Waals surface area contributed by atoms with Gasteiger partial charge in [-0.2, -0.15) is 0 Å². The summed E-state index contributed by atoms with van der Waals surface area (Å²) in [6.45, 7) is 8.81. The van der Waals surface area contributed by atoms with Crippen LogP contribution in [0.4, 0.5) is 0 Å². The van der Waals surface area contributed by atoms with Gasteiger partial charge in [0.25, 0.3) is 5.91 Å². The van der Waals surface area contributed by atoms with Crippen LogP contribution < -0.4 is 0 Å². The molecule has 2 fully saturated rings. The number of carbonyl (C=O) groups excluding carboxylic acids is 1. The highest BCUT2D eigenvalue weighted by Gasteiger charge is 2.30. The van der Waals surface area contributed by atoms with Crippen LogP contribution in [0.3, 0.4) is 0 Å². The number of ether oxygens (including phenoxy) is 1. The Morgan fingerprint density at radius 1 is 1.21 bits per heavy atom. The number of morpholine rings is 1. The normalized spacial score (nSPS) is 22.8. The molecule has 0 unspecified atom stereocenters. The van der Waals surface area contributed by atoms with Gasteiger partial charge in [-0.1, -0.05) is 13.8 Å². The van der Waals surface area contributed by atoms with Crippen LogP contribution in [0.25, 0.3) is 0 Å². The van der Waals surface area contributed by atoms with E-state index >= 15 is 0 Å². The number of likely N-dealkylation sites (tertiary alicyclic amines) is 1. The zero-order valence-electron chi connectivity index (χ0n) is 14.8. The van der Waals surface area contributed by atoms with Crippen molar-refractivity contribution >= 4 is 5.91 Å². The van der Waals surface area contributed by atoms with Gasteiger partial charge >= 0.3 is 0 Å². The molecule has 1 atom stereocenters. The second-order valence-corrected chi connectivity index (χ2v) is 7.08. The molecule has 2 aliphatic rings. The van der Waals surface area contributed by atoms with Crippen molar-refractivity contribution in [1.82, 2.24) is 19.8 Å². The molecule has 1 aromatic rings. The van der Waals surface area contributed by atoms with E-state index in [0.717, 1.165) is 50.4 Å². The number of hydrogen-bond donors (Lipinski definition) is 0. The second-order valence-electron chi connectivity index (χ2n) is 7.08. The Morgan fingerprint density at radius 2 is 1.92 bits per heavy atom. The predicted molar refractivity (Wildman–Crippen MR) is 91.6 cm³/mol. The van der Waals surface area contributed by atoms with Crippen LogP contribution in [0.15, 0.2) is 12.4 Å². The maximum Gasteiger partial charge on any atom is 0.253 e. The maximum absolute atomic E-state index is 12.6. The van der Waals surface area contributed by atoms with Crippen LogP contribution in [-0.4, -0.2) is 64.6 Å². The fourth-order valence-electron chi connectivity index (χ4n) is 3.32. The lowest BCUT2D eigenvalue weighted by Gasteiger charge is -2.36. The highest BCUT2D eigenvalue weighted by molar-refractivity contribution is 5.81. The van der Waals surface area contributed by atoms with Crippen molar-refractivity contribution in [1.29, 1.82) is 0 Å². The molecule has 0 saturated carbocycles. The number of aromatic nitrogens is 2. The molecule has 24 heavy (non-hydrogen) atoms. The van der Waals surface area contributed by atoms with E-state index in [9.17, 15) is 4.79 Å². The summed E-state index contributed by atoms with van der Waals surface area (Å²) in [4.78, 5) is 25.7. The third-order valence-corrected chi connectivity index (χ3v) is 4.74. The molecular weight excluding hydrogens is 304 g/mol. The summed E-state index contributed by atoms with van der Waals surface area (Å²) >= 11 is 0. The summed E-state index contributed by atoms with van der Waals surface area (Å²) in [6.07, 6.45) is 6.93. The third-order valence-electron chi connectivity index (χ3n) is 4.74. The molecule has 1 aromatic heterocycles. The molecular formula is C18H28N4O2. The highest BCUT2D eigenvalue weighted by atomic mass is 16.5. The summed E-state index contributed by atoms with van der Waals surface area (Å²) in [7, 11) is 0. The fourth-order valence-corrected chi connectivity index (χ4v) is 3.32. The van der Waals surface area contributed by atoms with Crippen LogP contribution in [0.2, 0.25) is 0 Å². The van der Waals surface area contributed by atoms with E-state index in [2.05, 4.69) is 28.7 Å². The average molecular weight is 332 g/mol. The zero-order chi connectivity index (χ0) is 16.9. The monoisotopic (exact) mass is 332 g/mol. The topological polar surface area (TPSA) is 58.6 Å². The molecule has 1 amide bonds. The number of carbonyl (C=O) groups is 1. The van der Waals surface area contributed by atoms with Gasteiger partial charge in [-0.25, -0.2) is 9.97 Å². The number of rotatable bonds is 4. The van der Waals surface area contributed by atoms with Gasteiger partial charge in [0.1, 0.15) is 11.9 Å². The van der Waals surface area contributed by atoms with Crippen molar-refractivity contribution < 1.29 is 9.53 Å². The summed E-state index contributed by atoms with van der Waals surface area (Å²) in [6, 6.07) is 0. The standard InChI is InChI=1S/C18H28N4O2/c1-14(2)17-19-10-15(11-20-17)12-21-8-9-24-16(13-21)18(23)22-6-4-3-5-7-22/h10-11,14,16H,3-9,12-13H2,1-2H3/t16-/m0/s1. The quantitative estimate of drug-likeness (QED) is 0.842. The van der Waals surface area contributed by atoms with Crippen molar-refractivity contribution in [3.8, 4) is 0 Å². The minimum Gasteiger partial charge on any atom is -0.366 e. The SMILES string of the molecule is CC(C)c1ncc(CN2CCO[C@H](C(=O)N3CCCCC3)C2)cn1. The van der Waals surface area contributed by atoms with Crippen LogP contribution in [0.5, 0.6) is 0 Å². The van der Waals surface area contributed by atoms with Crippen LogP contribution in [-0.2, 0) is 16.1 Å². The lowest BCUT2D eigenvalue weighted by molar-refractivity contribution is -0.150. The summed E-state index contributed by atoms with van der Waals surface area (Å²) < 4.78 is 5.75. The maximum atomic E-state index is 12.6. The molecule has 6 heteroatoms. The fraction of sp³-hybridized carbons (Fsp3) is 0.722. The van der Waals surface area contributed by atoms with Gasteiger partial charge in [0.2, 0.25) is 0 Å². The molecule has 0 N–H and O–H groups in total. The van der Waals surface area contributed by atoms with Gasteiger partial charge < -0.3 is 9.64 Å². The Labute approximate surface area is 144 Å². The lowest BCUT2D eigenvalue weighted by atomic mass is 10.1. The van der Waals surface area contributed by atoms with Crippen molar-refractivity contribution in [2.45, 2.75) is 51.7 Å². The average Bonchev–Trinajstić information content (AvgIpc) is 2.62. The first-order valence-corrected chi connectivity index (χ1v) is 9.07. The summed E-state index contributed by atoms with van der Waals surface area (Å²) in [5.74, 6) is 1.37. The first-order chi connectivity index (χ1) is 11.6. The molecule has 0 radical (unpaired) electrons. The number of amides is 1.